The molecule has 3 aromatic carbocycles. The largest absolute Gasteiger partial charge is 0.507 e. The Morgan fingerprint density at radius 2 is 0.438 bits per heavy atom. The Kier molecular flexibility index (Phi) is 19.5. The lowest BCUT2D eigenvalue weighted by molar-refractivity contribution is -0.441. The number of phenols is 3. The zero-order chi connectivity index (χ0) is 70.4. The molecule has 0 radical (unpaired) electrons. The maximum absolute atomic E-state index is 15.1. The minimum absolute atomic E-state index is 0.0380. The van der Waals surface area contributed by atoms with E-state index in [0.29, 0.717) is 6.92 Å². The van der Waals surface area contributed by atoms with Crippen LogP contribution in [0.25, 0.3) is 0 Å². The highest BCUT2D eigenvalue weighted by molar-refractivity contribution is 5.86. The van der Waals surface area contributed by atoms with Crippen LogP contribution in [0.4, 0.5) is 171 Å². The molecule has 3 aromatic rings. The Labute approximate surface area is 465 Å². The van der Waals surface area contributed by atoms with Crippen LogP contribution in [0.2, 0.25) is 0 Å². The van der Waals surface area contributed by atoms with E-state index in [9.17, 15) is 160 Å². The highest BCUT2D eigenvalue weighted by atomic mass is 19.5. The zero-order valence-corrected chi connectivity index (χ0v) is 41.5. The fourth-order valence-electron chi connectivity index (χ4n) is 6.82. The number of rotatable bonds is 24. The molecule has 0 aliphatic carbocycles. The molecular weight excluding hydrogens is 1360 g/mol. The molecule has 0 aliphatic rings. The number of halogens is 39. The van der Waals surface area contributed by atoms with Gasteiger partial charge in [-0.2, -0.15) is 171 Å². The van der Waals surface area contributed by atoms with Gasteiger partial charge in [-0.3, -0.25) is 15.0 Å². The lowest BCUT2D eigenvalue weighted by Crippen LogP contribution is -2.69. The Bertz CT molecular complexity index is 2810. The fraction of sp³-hybridized carbons (Fsp3) is 0.523. The van der Waals surface area contributed by atoms with Crippen LogP contribution < -0.4 is 0 Å². The van der Waals surface area contributed by atoms with Gasteiger partial charge in [0.05, 0.1) is 16.7 Å². The molecule has 506 valence electrons. The van der Waals surface area contributed by atoms with E-state index in [1.165, 1.54) is 0 Å². The minimum atomic E-state index is -8.47. The van der Waals surface area contributed by atoms with E-state index in [1.807, 2.05) is 0 Å². The van der Waals surface area contributed by atoms with E-state index in [0.717, 1.165) is 0 Å². The number of hydrogen-bond acceptors (Lipinski definition) is 6. The van der Waals surface area contributed by atoms with Crippen molar-refractivity contribution in [1.82, 2.24) is 0 Å². The summed E-state index contributed by atoms with van der Waals surface area (Å²) in [7, 11) is 0. The molecule has 0 amide bonds. The van der Waals surface area contributed by atoms with Crippen molar-refractivity contribution in [3.63, 3.8) is 0 Å². The minimum Gasteiger partial charge on any atom is -0.507 e. The van der Waals surface area contributed by atoms with E-state index < -0.39 is 201 Å². The Balaban J connectivity index is 2.26. The van der Waals surface area contributed by atoms with Crippen LogP contribution in [-0.4, -0.2) is 143 Å². The lowest BCUT2D eigenvalue weighted by Gasteiger charge is -2.39. The second kappa shape index (κ2) is 22.6. The van der Waals surface area contributed by atoms with Gasteiger partial charge < -0.3 is 15.3 Å². The van der Waals surface area contributed by atoms with Gasteiger partial charge in [0.25, 0.3) is 0 Å². The number of aromatic hydroxyl groups is 3. The molecule has 3 N–H and O–H groups in total. The standard InChI is InChI=1S/C44H24F39N3O3/c1-26(14-84-11-17-5-2-8-20(23(17)87)27(45,46)30(51,52)33(57,58)36(63,64)39(69,70)42(75,76)77,15-85-12-18-6-3-9-21(24(18)88)28(47,48)31(53,54)34(59,60)37(65,66)40(71,72)43(78,79)80)16-86-13-19-7-4-10-22(25(19)89)29(49,50)32(55,56)35(61,62)38(67,68)41(73,74)44(81,82)83/h2-13,87-89H,14-16H2,1H3/b84-11+,85-12+,86-13+. The SMILES string of the molecule is CC(C/N=C/c1cccc(C(F)(F)C(F)(F)C(F)(F)C(F)(F)C(F)(F)C(F)(F)F)c1O)(C/N=C/c1cccc(C(F)(F)C(F)(F)C(F)(F)C(F)(F)C(F)(F)C(F)(F)F)c1O)C/N=C/c1cccc(C(F)(F)C(F)(F)C(F)(F)C(F)(F)C(F)(F)C(F)(F)F)c1O. The highest BCUT2D eigenvalue weighted by Gasteiger charge is 2.94. The molecule has 0 spiro atoms. The number of benzene rings is 3. The average molecular weight is 1380 g/mol. The third kappa shape index (κ3) is 11.7. The summed E-state index contributed by atoms with van der Waals surface area (Å²) in [6.45, 7) is -3.69. The van der Waals surface area contributed by atoms with Crippen molar-refractivity contribution in [2.24, 2.45) is 20.4 Å². The highest BCUT2D eigenvalue weighted by Crippen LogP contribution is 2.66. The van der Waals surface area contributed by atoms with Gasteiger partial charge in [-0.1, -0.05) is 25.1 Å². The molecule has 0 bridgehead atoms. The van der Waals surface area contributed by atoms with Crippen LogP contribution in [0.15, 0.2) is 69.6 Å². The van der Waals surface area contributed by atoms with Crippen LogP contribution >= 0.6 is 0 Å². The summed E-state index contributed by atoms with van der Waals surface area (Å²) < 4.78 is 541. The second-order valence-corrected chi connectivity index (χ2v) is 18.6. The molecule has 89 heavy (non-hydrogen) atoms. The first-order chi connectivity index (χ1) is 39.1. The molecule has 0 saturated carbocycles. The van der Waals surface area contributed by atoms with Crippen molar-refractivity contribution in [1.29, 1.82) is 0 Å². The molecular formula is C44H24F39N3O3. The number of nitrogens with zero attached hydrogens (tertiary/aromatic N) is 3. The smallest absolute Gasteiger partial charge is 0.460 e. The van der Waals surface area contributed by atoms with Crippen LogP contribution in [0.1, 0.15) is 40.3 Å². The molecule has 0 unspecified atom stereocenters. The average Bonchev–Trinajstić information content (AvgIpc) is 0.721. The van der Waals surface area contributed by atoms with E-state index >= 15 is 26.3 Å². The van der Waals surface area contributed by atoms with E-state index in [1.54, 1.807) is 0 Å². The Morgan fingerprint density at radius 3 is 0.607 bits per heavy atom. The molecule has 0 atom stereocenters. The van der Waals surface area contributed by atoms with Gasteiger partial charge in [0, 0.05) is 60.4 Å². The quantitative estimate of drug-likeness (QED) is 0.0616. The monoisotopic (exact) mass is 1380 g/mol. The van der Waals surface area contributed by atoms with Gasteiger partial charge in [0.2, 0.25) is 0 Å². The first-order valence-corrected chi connectivity index (χ1v) is 21.9. The third-order valence-electron chi connectivity index (χ3n) is 12.1. The van der Waals surface area contributed by atoms with Crippen LogP contribution in [0, 0.1) is 5.41 Å². The first-order valence-electron chi connectivity index (χ1n) is 21.9. The molecule has 0 fully saturated rings. The molecule has 0 saturated heterocycles. The topological polar surface area (TPSA) is 97.8 Å². The molecule has 0 aromatic heterocycles. The van der Waals surface area contributed by atoms with Gasteiger partial charge >= 0.3 is 107 Å². The van der Waals surface area contributed by atoms with Gasteiger partial charge in [0.1, 0.15) is 17.2 Å². The molecule has 3 rings (SSSR count). The Hall–Kier alpha value is -6.66. The van der Waals surface area contributed by atoms with Gasteiger partial charge in [-0.25, -0.2) is 0 Å². The summed E-state index contributed by atoms with van der Waals surface area (Å²) in [5.74, 6) is -129. The fourth-order valence-corrected chi connectivity index (χ4v) is 6.82. The number of aliphatic imine (C=N–C) groups is 3. The lowest BCUT2D eigenvalue weighted by atomic mass is 9.89. The van der Waals surface area contributed by atoms with E-state index in [-0.39, 0.29) is 55.0 Å². The van der Waals surface area contributed by atoms with Crippen LogP contribution in [0.5, 0.6) is 17.2 Å². The van der Waals surface area contributed by atoms with Crippen LogP contribution in [0.3, 0.4) is 0 Å². The summed E-state index contributed by atoms with van der Waals surface area (Å²) in [5, 5.41) is 31.1. The summed E-state index contributed by atoms with van der Waals surface area (Å²) in [5.41, 5.74) is -16.3. The molecule has 45 heteroatoms. The number of hydrogen-bond donors (Lipinski definition) is 3. The Morgan fingerprint density at radius 1 is 0.270 bits per heavy atom. The second-order valence-electron chi connectivity index (χ2n) is 18.6. The zero-order valence-electron chi connectivity index (χ0n) is 41.5. The van der Waals surface area contributed by atoms with Crippen molar-refractivity contribution in [3.05, 3.63) is 88.0 Å². The van der Waals surface area contributed by atoms with Crippen molar-refractivity contribution in [3.8, 4) is 17.2 Å². The van der Waals surface area contributed by atoms with Crippen molar-refractivity contribution in [2.45, 2.75) is 114 Å². The predicted octanol–water partition coefficient (Wildman–Crippen LogP) is 17.1. The number of alkyl halides is 39. The third-order valence-corrected chi connectivity index (χ3v) is 12.1. The molecule has 0 aliphatic heterocycles. The summed E-state index contributed by atoms with van der Waals surface area (Å²) >= 11 is 0. The van der Waals surface area contributed by atoms with Gasteiger partial charge in [-0.05, 0) is 36.4 Å². The number of para-hydroxylation sites is 3. The van der Waals surface area contributed by atoms with Gasteiger partial charge in [-0.15, -0.1) is 0 Å². The van der Waals surface area contributed by atoms with Gasteiger partial charge in [0.15, 0.2) is 0 Å². The maximum Gasteiger partial charge on any atom is 0.460 e. The number of phenolic OH excluding ortho intramolecular Hbond substituents is 3. The summed E-state index contributed by atoms with van der Waals surface area (Å²) in [6.07, 6.45) is -24.0. The van der Waals surface area contributed by atoms with E-state index in [2.05, 4.69) is 15.0 Å². The van der Waals surface area contributed by atoms with Crippen molar-refractivity contribution in [2.75, 3.05) is 19.6 Å². The molecule has 6 nitrogen and oxygen atoms in total. The van der Waals surface area contributed by atoms with Crippen molar-refractivity contribution >= 4 is 18.6 Å². The first kappa shape index (κ1) is 76.6. The van der Waals surface area contributed by atoms with Crippen LogP contribution in [-0.2, 0) is 17.8 Å². The van der Waals surface area contributed by atoms with E-state index in [4.69, 9.17) is 0 Å². The molecule has 0 heterocycles. The summed E-state index contributed by atoms with van der Waals surface area (Å²) in [4.78, 5) is 10.1. The predicted molar refractivity (Wildman–Crippen MR) is 219 cm³/mol. The summed E-state index contributed by atoms with van der Waals surface area (Å²) in [6, 6.07) is -1.31. The maximum atomic E-state index is 15.1. The normalized spacial score (nSPS) is 15.8. The van der Waals surface area contributed by atoms with Crippen molar-refractivity contribution < 1.29 is 187 Å².